The standard InChI is InChI=1S/C23H25ClN4O2/c1-14-26-22(28-30-14)23(2,3)27-21(29)20-19(16-9-6-10-18(24)11-16)12-17(13-25-20)15-7-4-5-8-15/h6,9-13,15H,4-5,7-8H2,1-3H3,(H,27,29). The minimum absolute atomic E-state index is 0.296. The predicted molar refractivity (Wildman–Crippen MR) is 115 cm³/mol. The van der Waals surface area contributed by atoms with Crippen molar-refractivity contribution < 1.29 is 9.32 Å². The lowest BCUT2D eigenvalue weighted by Gasteiger charge is -2.23. The van der Waals surface area contributed by atoms with Gasteiger partial charge < -0.3 is 9.84 Å². The van der Waals surface area contributed by atoms with Gasteiger partial charge in [-0.2, -0.15) is 4.98 Å². The van der Waals surface area contributed by atoms with Gasteiger partial charge in [0.25, 0.3) is 5.91 Å². The quantitative estimate of drug-likeness (QED) is 0.591. The summed E-state index contributed by atoms with van der Waals surface area (Å²) in [5, 5.41) is 7.57. The number of carbonyl (C=O) groups excluding carboxylic acids is 1. The number of aromatic nitrogens is 3. The minimum Gasteiger partial charge on any atom is -0.340 e. The van der Waals surface area contributed by atoms with E-state index in [1.54, 1.807) is 6.92 Å². The van der Waals surface area contributed by atoms with Crippen LogP contribution in [-0.2, 0) is 5.54 Å². The summed E-state index contributed by atoms with van der Waals surface area (Å²) in [6.45, 7) is 5.39. The Bertz CT molecular complexity index is 1070. The molecule has 1 saturated carbocycles. The van der Waals surface area contributed by atoms with Gasteiger partial charge in [-0.3, -0.25) is 9.78 Å². The average molecular weight is 425 g/mol. The molecule has 156 valence electrons. The van der Waals surface area contributed by atoms with Gasteiger partial charge in [0, 0.05) is 23.7 Å². The van der Waals surface area contributed by atoms with Crippen LogP contribution in [0.4, 0.5) is 0 Å². The van der Waals surface area contributed by atoms with E-state index in [1.807, 2.05) is 44.3 Å². The van der Waals surface area contributed by atoms with Gasteiger partial charge in [-0.1, -0.05) is 41.7 Å². The normalized spacial score (nSPS) is 14.8. The highest BCUT2D eigenvalue weighted by molar-refractivity contribution is 6.30. The maximum absolute atomic E-state index is 13.3. The Hall–Kier alpha value is -2.73. The molecule has 0 spiro atoms. The Labute approximate surface area is 181 Å². The number of pyridine rings is 1. The van der Waals surface area contributed by atoms with Crippen LogP contribution in [0.2, 0.25) is 5.02 Å². The fourth-order valence-corrected chi connectivity index (χ4v) is 4.16. The molecule has 4 rings (SSSR count). The van der Waals surface area contributed by atoms with E-state index in [2.05, 4.69) is 26.5 Å². The molecule has 1 aliphatic rings. The Balaban J connectivity index is 1.71. The topological polar surface area (TPSA) is 80.9 Å². The summed E-state index contributed by atoms with van der Waals surface area (Å²) in [4.78, 5) is 22.1. The maximum Gasteiger partial charge on any atom is 0.271 e. The first kappa shape index (κ1) is 20.5. The zero-order valence-corrected chi connectivity index (χ0v) is 18.2. The monoisotopic (exact) mass is 424 g/mol. The minimum atomic E-state index is -0.813. The fraction of sp³-hybridized carbons (Fsp3) is 0.391. The molecule has 0 radical (unpaired) electrons. The molecule has 3 aromatic rings. The smallest absolute Gasteiger partial charge is 0.271 e. The Morgan fingerprint density at radius 3 is 2.67 bits per heavy atom. The van der Waals surface area contributed by atoms with E-state index in [0.717, 1.165) is 24.0 Å². The van der Waals surface area contributed by atoms with E-state index in [-0.39, 0.29) is 5.91 Å². The molecule has 1 aliphatic carbocycles. The van der Waals surface area contributed by atoms with E-state index in [9.17, 15) is 4.79 Å². The van der Waals surface area contributed by atoms with Crippen LogP contribution in [0.3, 0.4) is 0 Å². The number of rotatable bonds is 5. The number of halogens is 1. The molecule has 30 heavy (non-hydrogen) atoms. The van der Waals surface area contributed by atoms with Crippen LogP contribution in [0.5, 0.6) is 0 Å². The van der Waals surface area contributed by atoms with Crippen LogP contribution in [0.1, 0.15) is 73.2 Å². The molecule has 0 bridgehead atoms. The summed E-state index contributed by atoms with van der Waals surface area (Å²) in [6.07, 6.45) is 6.62. The second-order valence-electron chi connectivity index (χ2n) is 8.37. The molecule has 0 aliphatic heterocycles. The molecule has 1 aromatic carbocycles. The van der Waals surface area contributed by atoms with Crippen molar-refractivity contribution in [2.75, 3.05) is 0 Å². The number of nitrogens with zero attached hydrogens (tertiary/aromatic N) is 3. The SMILES string of the molecule is Cc1nc(C(C)(C)NC(=O)c2ncc(C3CCCC3)cc2-c2cccc(Cl)c2)no1. The number of nitrogens with one attached hydrogen (secondary N) is 1. The summed E-state index contributed by atoms with van der Waals surface area (Å²) in [6, 6.07) is 9.61. The van der Waals surface area contributed by atoms with Gasteiger partial charge in [0.05, 0.1) is 5.54 Å². The van der Waals surface area contributed by atoms with Gasteiger partial charge in [0.15, 0.2) is 5.82 Å². The summed E-state index contributed by atoms with van der Waals surface area (Å²) >= 11 is 6.23. The van der Waals surface area contributed by atoms with Gasteiger partial charge >= 0.3 is 0 Å². The van der Waals surface area contributed by atoms with Crippen molar-refractivity contribution in [3.63, 3.8) is 0 Å². The second kappa shape index (κ2) is 8.19. The van der Waals surface area contributed by atoms with E-state index in [0.29, 0.717) is 28.3 Å². The van der Waals surface area contributed by atoms with Crippen LogP contribution in [0, 0.1) is 6.92 Å². The van der Waals surface area contributed by atoms with Crippen molar-refractivity contribution >= 4 is 17.5 Å². The number of hydrogen-bond acceptors (Lipinski definition) is 5. The van der Waals surface area contributed by atoms with Crippen molar-refractivity contribution in [1.29, 1.82) is 0 Å². The first-order valence-corrected chi connectivity index (χ1v) is 10.6. The molecule has 0 unspecified atom stereocenters. The third kappa shape index (κ3) is 4.24. The van der Waals surface area contributed by atoms with Crippen molar-refractivity contribution in [1.82, 2.24) is 20.4 Å². The average Bonchev–Trinajstić information content (AvgIpc) is 3.39. The lowest BCUT2D eigenvalue weighted by atomic mass is 9.94. The maximum atomic E-state index is 13.3. The molecule has 1 N–H and O–H groups in total. The number of benzene rings is 1. The Kier molecular flexibility index (Phi) is 5.60. The number of carbonyl (C=O) groups is 1. The molecule has 1 fully saturated rings. The Morgan fingerprint density at radius 2 is 2.00 bits per heavy atom. The first-order valence-electron chi connectivity index (χ1n) is 10.2. The van der Waals surface area contributed by atoms with E-state index in [1.165, 1.54) is 18.4 Å². The third-order valence-electron chi connectivity index (χ3n) is 5.60. The van der Waals surface area contributed by atoms with Crippen molar-refractivity contribution in [3.8, 4) is 11.1 Å². The molecular weight excluding hydrogens is 400 g/mol. The van der Waals surface area contributed by atoms with E-state index in [4.69, 9.17) is 16.1 Å². The zero-order valence-electron chi connectivity index (χ0n) is 17.4. The highest BCUT2D eigenvalue weighted by Gasteiger charge is 2.30. The summed E-state index contributed by atoms with van der Waals surface area (Å²) in [5.41, 5.74) is 2.36. The largest absolute Gasteiger partial charge is 0.340 e. The highest BCUT2D eigenvalue weighted by Crippen LogP contribution is 2.36. The van der Waals surface area contributed by atoms with Gasteiger partial charge in [0.1, 0.15) is 5.69 Å². The van der Waals surface area contributed by atoms with Crippen LogP contribution in [-0.4, -0.2) is 21.0 Å². The highest BCUT2D eigenvalue weighted by atomic mass is 35.5. The molecule has 7 heteroatoms. The van der Waals surface area contributed by atoms with Crippen LogP contribution in [0.25, 0.3) is 11.1 Å². The number of hydrogen-bond donors (Lipinski definition) is 1. The zero-order chi connectivity index (χ0) is 21.3. The molecular formula is C23H25ClN4O2. The predicted octanol–water partition coefficient (Wildman–Crippen LogP) is 5.42. The van der Waals surface area contributed by atoms with E-state index >= 15 is 0 Å². The molecule has 0 saturated heterocycles. The number of aryl methyl sites for hydroxylation is 1. The lowest BCUT2D eigenvalue weighted by Crippen LogP contribution is -2.42. The van der Waals surface area contributed by atoms with Crippen LogP contribution in [0.15, 0.2) is 41.1 Å². The van der Waals surface area contributed by atoms with E-state index < -0.39 is 5.54 Å². The summed E-state index contributed by atoms with van der Waals surface area (Å²) in [7, 11) is 0. The second-order valence-corrected chi connectivity index (χ2v) is 8.81. The lowest BCUT2D eigenvalue weighted by molar-refractivity contribution is 0.0903. The van der Waals surface area contributed by atoms with Crippen molar-refractivity contribution in [2.24, 2.45) is 0 Å². The van der Waals surface area contributed by atoms with Crippen molar-refractivity contribution in [2.45, 2.75) is 57.9 Å². The van der Waals surface area contributed by atoms with Crippen LogP contribution < -0.4 is 5.32 Å². The fourth-order valence-electron chi connectivity index (χ4n) is 3.97. The Morgan fingerprint density at radius 1 is 1.23 bits per heavy atom. The summed E-state index contributed by atoms with van der Waals surface area (Å²) < 4.78 is 5.07. The molecule has 2 aromatic heterocycles. The first-order chi connectivity index (χ1) is 14.3. The van der Waals surface area contributed by atoms with Gasteiger partial charge in [0.2, 0.25) is 5.89 Å². The summed E-state index contributed by atoms with van der Waals surface area (Å²) in [5.74, 6) is 1.06. The van der Waals surface area contributed by atoms with Crippen molar-refractivity contribution in [3.05, 3.63) is 64.5 Å². The van der Waals surface area contributed by atoms with Crippen LogP contribution >= 0.6 is 11.6 Å². The molecule has 2 heterocycles. The molecule has 6 nitrogen and oxygen atoms in total. The van der Waals surface area contributed by atoms with Gasteiger partial charge in [-0.15, -0.1) is 0 Å². The molecule has 1 amide bonds. The van der Waals surface area contributed by atoms with Gasteiger partial charge in [-0.25, -0.2) is 0 Å². The third-order valence-corrected chi connectivity index (χ3v) is 5.83. The number of amides is 1. The van der Waals surface area contributed by atoms with Gasteiger partial charge in [-0.05, 0) is 61.9 Å². The molecule has 0 atom stereocenters.